The van der Waals surface area contributed by atoms with Crippen molar-refractivity contribution >= 4 is 15.7 Å². The fraction of sp³-hybridized carbons (Fsp3) is 0.458. The molecule has 1 heterocycles. The van der Waals surface area contributed by atoms with Crippen LogP contribution in [0.5, 0.6) is 0 Å². The molecule has 0 bridgehead atoms. The molecule has 4 rings (SSSR count). The van der Waals surface area contributed by atoms with Crippen LogP contribution >= 0.6 is 0 Å². The quantitative estimate of drug-likeness (QED) is 0.662. The van der Waals surface area contributed by atoms with Crippen LogP contribution in [0, 0.1) is 5.92 Å². The van der Waals surface area contributed by atoms with Gasteiger partial charge in [0.05, 0.1) is 16.9 Å². The van der Waals surface area contributed by atoms with Gasteiger partial charge in [-0.15, -0.1) is 0 Å². The minimum absolute atomic E-state index is 0.201. The van der Waals surface area contributed by atoms with Crippen molar-refractivity contribution in [2.24, 2.45) is 5.92 Å². The first-order valence-corrected chi connectivity index (χ1v) is 12.5. The molecule has 1 saturated heterocycles. The number of hydrogen-bond donors (Lipinski definition) is 3. The largest absolute Gasteiger partial charge is 0.393 e. The third-order valence-corrected chi connectivity index (χ3v) is 8.96. The van der Waals surface area contributed by atoms with Crippen molar-refractivity contribution in [3.8, 4) is 11.1 Å². The molecule has 2 aromatic rings. The Morgan fingerprint density at radius 3 is 2.39 bits per heavy atom. The summed E-state index contributed by atoms with van der Waals surface area (Å²) in [5.41, 5.74) is 1.75. The van der Waals surface area contributed by atoms with Gasteiger partial charge in [0.25, 0.3) is 0 Å². The summed E-state index contributed by atoms with van der Waals surface area (Å²) in [5, 5.41) is 16.2. The molecule has 2 fully saturated rings. The van der Waals surface area contributed by atoms with Crippen LogP contribution in [0.4, 0.5) is 0 Å². The molecular formula is C24H30N2O4S. The lowest BCUT2D eigenvalue weighted by Crippen LogP contribution is -2.58. The smallest absolute Gasteiger partial charge is 0.225 e. The lowest BCUT2D eigenvalue weighted by atomic mass is 9.91. The number of piperidine rings is 1. The molecule has 0 radical (unpaired) electrons. The van der Waals surface area contributed by atoms with Gasteiger partial charge < -0.3 is 15.7 Å². The minimum atomic E-state index is -3.87. The fourth-order valence-corrected chi connectivity index (χ4v) is 6.63. The third-order valence-electron chi connectivity index (χ3n) is 6.55. The number of nitrogens with one attached hydrogen (secondary N) is 2. The van der Waals surface area contributed by atoms with Crippen molar-refractivity contribution in [3.63, 3.8) is 0 Å². The van der Waals surface area contributed by atoms with E-state index in [9.17, 15) is 18.3 Å². The lowest BCUT2D eigenvalue weighted by Gasteiger charge is -2.40. The first-order valence-electron chi connectivity index (χ1n) is 11.0. The van der Waals surface area contributed by atoms with Crippen LogP contribution in [0.15, 0.2) is 59.5 Å². The minimum Gasteiger partial charge on any atom is -0.393 e. The van der Waals surface area contributed by atoms with E-state index in [1.54, 1.807) is 18.2 Å². The molecule has 0 spiro atoms. The highest BCUT2D eigenvalue weighted by Crippen LogP contribution is 2.38. The van der Waals surface area contributed by atoms with Gasteiger partial charge in [-0.1, -0.05) is 42.5 Å². The number of carbonyl (C=O) groups is 1. The second-order valence-electron chi connectivity index (χ2n) is 8.66. The summed E-state index contributed by atoms with van der Waals surface area (Å²) in [5.74, 6) is -0.449. The van der Waals surface area contributed by atoms with E-state index in [2.05, 4.69) is 10.6 Å². The average Bonchev–Trinajstić information content (AvgIpc) is 2.82. The standard InChI is InChI=1S/C24H30N2O4S/c27-21-11-13-24(14-12-21,26-23(28)20-9-5-15-25-17-20)31(29,30)22-10-4-8-19(16-22)18-6-2-1-3-7-18/h1-4,6-8,10,16,20-21,25,27H,5,9,11-15,17H2,(H,26,28)/t20-,21?,24?/m0/s1. The van der Waals surface area contributed by atoms with Crippen molar-refractivity contribution in [1.82, 2.24) is 10.6 Å². The van der Waals surface area contributed by atoms with Crippen LogP contribution in [0.25, 0.3) is 11.1 Å². The maximum absolute atomic E-state index is 13.9. The van der Waals surface area contributed by atoms with Crippen LogP contribution in [0.1, 0.15) is 38.5 Å². The zero-order valence-electron chi connectivity index (χ0n) is 17.6. The third kappa shape index (κ3) is 4.54. The fourth-order valence-electron chi connectivity index (χ4n) is 4.63. The number of carbonyl (C=O) groups excluding carboxylic acids is 1. The molecule has 2 aromatic carbocycles. The van der Waals surface area contributed by atoms with Crippen LogP contribution in [-0.4, -0.2) is 43.5 Å². The molecule has 1 saturated carbocycles. The molecule has 6 nitrogen and oxygen atoms in total. The SMILES string of the molecule is O=C(NC1(S(=O)(=O)c2cccc(-c3ccccc3)c2)CCC(O)CC1)[C@H]1CCCNC1. The van der Waals surface area contributed by atoms with Crippen LogP contribution in [0.2, 0.25) is 0 Å². The Balaban J connectivity index is 1.68. The molecule has 1 aliphatic carbocycles. The van der Waals surface area contributed by atoms with E-state index >= 15 is 0 Å². The average molecular weight is 443 g/mol. The molecule has 3 N–H and O–H groups in total. The molecule has 1 aliphatic heterocycles. The van der Waals surface area contributed by atoms with Crippen LogP contribution in [-0.2, 0) is 14.6 Å². The normalized spacial score (nSPS) is 26.9. The van der Waals surface area contributed by atoms with E-state index < -0.39 is 20.8 Å². The second-order valence-corrected chi connectivity index (χ2v) is 10.9. The van der Waals surface area contributed by atoms with Crippen molar-refractivity contribution < 1.29 is 18.3 Å². The topological polar surface area (TPSA) is 95.5 Å². The molecule has 1 atom stereocenters. The van der Waals surface area contributed by atoms with Gasteiger partial charge >= 0.3 is 0 Å². The highest BCUT2D eigenvalue weighted by atomic mass is 32.2. The van der Waals surface area contributed by atoms with Gasteiger partial charge in [0.1, 0.15) is 4.87 Å². The molecule has 166 valence electrons. The number of benzene rings is 2. The Kier molecular flexibility index (Phi) is 6.46. The maximum atomic E-state index is 13.9. The molecular weight excluding hydrogens is 412 g/mol. The van der Waals surface area contributed by atoms with Gasteiger partial charge in [-0.05, 0) is 68.3 Å². The predicted octanol–water partition coefficient (Wildman–Crippen LogP) is 2.87. The maximum Gasteiger partial charge on any atom is 0.225 e. The van der Waals surface area contributed by atoms with E-state index in [1.165, 1.54) is 0 Å². The Bertz CT molecular complexity index is 1010. The van der Waals surface area contributed by atoms with Gasteiger partial charge in [0.2, 0.25) is 15.7 Å². The Morgan fingerprint density at radius 2 is 1.71 bits per heavy atom. The number of sulfone groups is 1. The lowest BCUT2D eigenvalue weighted by molar-refractivity contribution is -0.127. The van der Waals surface area contributed by atoms with Crippen LogP contribution < -0.4 is 10.6 Å². The van der Waals surface area contributed by atoms with Gasteiger partial charge in [-0.3, -0.25) is 4.79 Å². The summed E-state index contributed by atoms with van der Waals surface area (Å²) in [6.45, 7) is 1.44. The highest BCUT2D eigenvalue weighted by Gasteiger charge is 2.48. The zero-order valence-corrected chi connectivity index (χ0v) is 18.4. The van der Waals surface area contributed by atoms with Gasteiger partial charge in [0, 0.05) is 6.54 Å². The first kappa shape index (κ1) is 22.0. The summed E-state index contributed by atoms with van der Waals surface area (Å²) < 4.78 is 27.8. The molecule has 2 aliphatic rings. The van der Waals surface area contributed by atoms with E-state index in [0.717, 1.165) is 30.5 Å². The number of hydrogen-bond acceptors (Lipinski definition) is 5. The summed E-state index contributed by atoms with van der Waals surface area (Å²) in [4.78, 5) is 11.8. The number of amides is 1. The first-order chi connectivity index (χ1) is 14.9. The van der Waals surface area contributed by atoms with Gasteiger partial charge in [-0.25, -0.2) is 8.42 Å². The van der Waals surface area contributed by atoms with E-state index in [1.807, 2.05) is 36.4 Å². The number of aliphatic hydroxyl groups excluding tert-OH is 1. The Labute approximate surface area is 184 Å². The number of rotatable bonds is 5. The molecule has 31 heavy (non-hydrogen) atoms. The molecule has 7 heteroatoms. The van der Waals surface area contributed by atoms with Crippen molar-refractivity contribution in [1.29, 1.82) is 0 Å². The van der Waals surface area contributed by atoms with E-state index in [0.29, 0.717) is 19.4 Å². The van der Waals surface area contributed by atoms with Gasteiger partial charge in [0.15, 0.2) is 0 Å². The second kappa shape index (κ2) is 9.10. The molecule has 0 aromatic heterocycles. The Morgan fingerprint density at radius 1 is 1.00 bits per heavy atom. The van der Waals surface area contributed by atoms with E-state index in [-0.39, 0.29) is 29.6 Å². The van der Waals surface area contributed by atoms with E-state index in [4.69, 9.17) is 0 Å². The summed E-state index contributed by atoms with van der Waals surface area (Å²) in [6, 6.07) is 16.5. The highest BCUT2D eigenvalue weighted by molar-refractivity contribution is 7.92. The van der Waals surface area contributed by atoms with Crippen LogP contribution in [0.3, 0.4) is 0 Å². The molecule has 1 amide bonds. The summed E-state index contributed by atoms with van der Waals surface area (Å²) in [7, 11) is -3.87. The van der Waals surface area contributed by atoms with Crippen molar-refractivity contribution in [3.05, 3.63) is 54.6 Å². The molecule has 0 unspecified atom stereocenters. The monoisotopic (exact) mass is 442 g/mol. The Hall–Kier alpha value is -2.22. The predicted molar refractivity (Wildman–Crippen MR) is 120 cm³/mol. The van der Waals surface area contributed by atoms with Crippen molar-refractivity contribution in [2.75, 3.05) is 13.1 Å². The zero-order chi connectivity index (χ0) is 21.9. The van der Waals surface area contributed by atoms with Crippen molar-refractivity contribution in [2.45, 2.75) is 54.4 Å². The van der Waals surface area contributed by atoms with Gasteiger partial charge in [-0.2, -0.15) is 0 Å². The summed E-state index contributed by atoms with van der Waals surface area (Å²) in [6.07, 6.45) is 2.22. The number of aliphatic hydroxyl groups is 1. The summed E-state index contributed by atoms with van der Waals surface area (Å²) >= 11 is 0.